The molecule has 1 aliphatic heterocycles. The maximum Gasteiger partial charge on any atom is 0.324 e. The lowest BCUT2D eigenvalue weighted by atomic mass is 10.3. The van der Waals surface area contributed by atoms with Gasteiger partial charge in [0.2, 0.25) is 0 Å². The van der Waals surface area contributed by atoms with Crippen LogP contribution in [0.15, 0.2) is 6.20 Å². The van der Waals surface area contributed by atoms with Crippen molar-refractivity contribution in [3.63, 3.8) is 0 Å². The molecule has 0 atom stereocenters. The van der Waals surface area contributed by atoms with Gasteiger partial charge < -0.3 is 5.32 Å². The van der Waals surface area contributed by atoms with Crippen LogP contribution < -0.4 is 10.2 Å². The number of anilines is 1. The first kappa shape index (κ1) is 15.5. The highest BCUT2D eigenvalue weighted by atomic mass is 16.2. The Morgan fingerprint density at radius 2 is 2.04 bits per heavy atom. The molecule has 1 aliphatic rings. The zero-order chi connectivity index (χ0) is 17.6. The fourth-order valence-corrected chi connectivity index (χ4v) is 2.86. The Bertz CT molecular complexity index is 918. The third-order valence-corrected chi connectivity index (χ3v) is 4.27. The summed E-state index contributed by atoms with van der Waals surface area (Å²) in [5.74, 6) is 1.97. The van der Waals surface area contributed by atoms with Crippen LogP contribution in [-0.2, 0) is 19.9 Å². The minimum Gasteiger partial charge on any atom is -0.336 e. The van der Waals surface area contributed by atoms with Crippen molar-refractivity contribution in [2.75, 3.05) is 18.0 Å². The van der Waals surface area contributed by atoms with Crippen LogP contribution in [0, 0.1) is 13.8 Å². The summed E-state index contributed by atoms with van der Waals surface area (Å²) in [6.07, 6.45) is 3.07. The second-order valence-electron chi connectivity index (χ2n) is 6.08. The quantitative estimate of drug-likeness (QED) is 0.726. The van der Waals surface area contributed by atoms with Crippen molar-refractivity contribution in [3.8, 4) is 0 Å². The van der Waals surface area contributed by atoms with Crippen molar-refractivity contribution >= 4 is 17.6 Å². The van der Waals surface area contributed by atoms with Crippen molar-refractivity contribution in [1.82, 2.24) is 39.7 Å². The first-order valence-electron chi connectivity index (χ1n) is 8.16. The molecule has 0 spiro atoms. The van der Waals surface area contributed by atoms with Crippen molar-refractivity contribution in [1.29, 1.82) is 0 Å². The van der Waals surface area contributed by atoms with Gasteiger partial charge in [-0.15, -0.1) is 5.10 Å². The zero-order valence-electron chi connectivity index (χ0n) is 14.4. The predicted molar refractivity (Wildman–Crippen MR) is 89.4 cm³/mol. The highest BCUT2D eigenvalue weighted by Gasteiger charge is 2.25. The standard InChI is InChI=1S/C15H19N9O/c1-9-8-17-10(2)13-18-11(20-24(9)13)4-5-12-19-14(21-22(12)3)23-7-6-16-15(23)25/h8H,4-7H2,1-3H3,(H,16,25). The van der Waals surface area contributed by atoms with E-state index < -0.39 is 0 Å². The Hall–Kier alpha value is -3.04. The lowest BCUT2D eigenvalue weighted by molar-refractivity contribution is 0.252. The first-order chi connectivity index (χ1) is 12.0. The van der Waals surface area contributed by atoms with Gasteiger partial charge in [0.15, 0.2) is 11.5 Å². The molecule has 25 heavy (non-hydrogen) atoms. The number of hydrogen-bond donors (Lipinski definition) is 1. The number of amides is 2. The first-order valence-corrected chi connectivity index (χ1v) is 8.16. The summed E-state index contributed by atoms with van der Waals surface area (Å²) in [4.78, 5) is 26.7. The second-order valence-corrected chi connectivity index (χ2v) is 6.08. The molecular weight excluding hydrogens is 322 g/mol. The van der Waals surface area contributed by atoms with E-state index in [1.54, 1.807) is 15.8 Å². The molecule has 0 unspecified atom stereocenters. The average Bonchev–Trinajstić information content (AvgIpc) is 3.28. The minimum atomic E-state index is -0.155. The molecule has 0 aliphatic carbocycles. The van der Waals surface area contributed by atoms with Gasteiger partial charge in [-0.3, -0.25) is 14.6 Å². The molecule has 4 rings (SSSR count). The molecule has 1 N–H and O–H groups in total. The molecule has 0 saturated carbocycles. The number of carbonyl (C=O) groups is 1. The SMILES string of the molecule is Cc1ncc(C)n2nc(CCc3nc(N4CCNC4=O)nn3C)nc12. The van der Waals surface area contributed by atoms with Crippen molar-refractivity contribution in [3.05, 3.63) is 29.2 Å². The smallest absolute Gasteiger partial charge is 0.324 e. The van der Waals surface area contributed by atoms with Crippen LogP contribution in [0.2, 0.25) is 0 Å². The van der Waals surface area contributed by atoms with Crippen LogP contribution >= 0.6 is 0 Å². The summed E-state index contributed by atoms with van der Waals surface area (Å²) in [6, 6.07) is -0.155. The number of aromatic nitrogens is 7. The van der Waals surface area contributed by atoms with E-state index in [0.29, 0.717) is 31.9 Å². The second kappa shape index (κ2) is 5.80. The summed E-state index contributed by atoms with van der Waals surface area (Å²) >= 11 is 0. The van der Waals surface area contributed by atoms with Crippen LogP contribution in [0.5, 0.6) is 0 Å². The Labute approximate surface area is 143 Å². The van der Waals surface area contributed by atoms with Gasteiger partial charge >= 0.3 is 6.03 Å². The van der Waals surface area contributed by atoms with Gasteiger partial charge in [-0.25, -0.2) is 14.3 Å². The van der Waals surface area contributed by atoms with E-state index in [4.69, 9.17) is 0 Å². The van der Waals surface area contributed by atoms with Crippen LogP contribution in [0.25, 0.3) is 5.65 Å². The van der Waals surface area contributed by atoms with Crippen molar-refractivity contribution < 1.29 is 4.79 Å². The lowest BCUT2D eigenvalue weighted by Gasteiger charge is -2.07. The summed E-state index contributed by atoms with van der Waals surface area (Å²) < 4.78 is 3.52. The Balaban J connectivity index is 1.54. The number of carbonyl (C=O) groups excluding carboxylic acids is 1. The Morgan fingerprint density at radius 3 is 2.76 bits per heavy atom. The molecule has 10 nitrogen and oxygen atoms in total. The molecule has 0 bridgehead atoms. The van der Waals surface area contributed by atoms with Gasteiger partial charge in [0.1, 0.15) is 5.82 Å². The molecular formula is C15H19N9O. The summed E-state index contributed by atoms with van der Waals surface area (Å²) in [7, 11) is 1.83. The summed E-state index contributed by atoms with van der Waals surface area (Å²) in [5, 5.41) is 11.6. The number of aryl methyl sites for hydroxylation is 5. The Kier molecular flexibility index (Phi) is 3.59. The lowest BCUT2D eigenvalue weighted by Crippen LogP contribution is -2.28. The van der Waals surface area contributed by atoms with Gasteiger partial charge in [0, 0.05) is 39.2 Å². The topological polar surface area (TPSA) is 106 Å². The van der Waals surface area contributed by atoms with Crippen LogP contribution in [0.1, 0.15) is 23.0 Å². The van der Waals surface area contributed by atoms with Gasteiger partial charge in [-0.05, 0) is 13.8 Å². The summed E-state index contributed by atoms with van der Waals surface area (Å²) in [5.41, 5.74) is 2.58. The van der Waals surface area contributed by atoms with E-state index in [0.717, 1.165) is 28.7 Å². The number of fused-ring (bicyclic) bond motifs is 1. The number of urea groups is 1. The maximum atomic E-state index is 11.7. The van der Waals surface area contributed by atoms with E-state index in [9.17, 15) is 4.79 Å². The van der Waals surface area contributed by atoms with E-state index in [1.807, 2.05) is 25.4 Å². The number of rotatable bonds is 4. The number of nitrogens with one attached hydrogen (secondary N) is 1. The van der Waals surface area contributed by atoms with Crippen molar-refractivity contribution in [2.45, 2.75) is 26.7 Å². The van der Waals surface area contributed by atoms with E-state index >= 15 is 0 Å². The zero-order valence-corrected chi connectivity index (χ0v) is 14.4. The highest BCUT2D eigenvalue weighted by molar-refractivity contribution is 5.92. The molecule has 2 amide bonds. The van der Waals surface area contributed by atoms with Gasteiger partial charge in [0.05, 0.1) is 11.4 Å². The molecule has 10 heteroatoms. The van der Waals surface area contributed by atoms with E-state index in [1.165, 1.54) is 0 Å². The fourth-order valence-electron chi connectivity index (χ4n) is 2.86. The predicted octanol–water partition coefficient (Wildman–Crippen LogP) is 0.184. The van der Waals surface area contributed by atoms with E-state index in [-0.39, 0.29) is 6.03 Å². The molecule has 3 aromatic heterocycles. The highest BCUT2D eigenvalue weighted by Crippen LogP contribution is 2.14. The van der Waals surface area contributed by atoms with Crippen molar-refractivity contribution in [2.24, 2.45) is 7.05 Å². The third-order valence-electron chi connectivity index (χ3n) is 4.27. The van der Waals surface area contributed by atoms with Crippen LogP contribution in [0.4, 0.5) is 10.7 Å². The normalized spacial score (nSPS) is 14.5. The molecule has 1 saturated heterocycles. The van der Waals surface area contributed by atoms with Gasteiger partial charge in [0.25, 0.3) is 5.95 Å². The molecule has 4 heterocycles. The number of nitrogens with zero attached hydrogens (tertiary/aromatic N) is 8. The maximum absolute atomic E-state index is 11.7. The fraction of sp³-hybridized carbons (Fsp3) is 0.467. The van der Waals surface area contributed by atoms with Gasteiger partial charge in [-0.1, -0.05) is 0 Å². The molecule has 0 radical (unpaired) electrons. The van der Waals surface area contributed by atoms with Crippen LogP contribution in [-0.4, -0.2) is 53.5 Å². The minimum absolute atomic E-state index is 0.155. The molecule has 130 valence electrons. The third kappa shape index (κ3) is 2.69. The monoisotopic (exact) mass is 341 g/mol. The largest absolute Gasteiger partial charge is 0.336 e. The van der Waals surface area contributed by atoms with Crippen LogP contribution in [0.3, 0.4) is 0 Å². The van der Waals surface area contributed by atoms with E-state index in [2.05, 4.69) is 30.5 Å². The molecule has 0 aromatic carbocycles. The molecule has 3 aromatic rings. The number of hydrogen-bond acceptors (Lipinski definition) is 6. The Morgan fingerprint density at radius 1 is 1.20 bits per heavy atom. The van der Waals surface area contributed by atoms with Gasteiger partial charge in [-0.2, -0.15) is 10.1 Å². The summed E-state index contributed by atoms with van der Waals surface area (Å²) in [6.45, 7) is 5.07. The molecule has 1 fully saturated rings. The average molecular weight is 341 g/mol.